The summed E-state index contributed by atoms with van der Waals surface area (Å²) in [5.74, 6) is 0. The number of rotatable bonds is 4. The average molecular weight is 553 g/mol. The van der Waals surface area contributed by atoms with Crippen molar-refractivity contribution < 1.29 is 8.83 Å². The largest absolute Gasteiger partial charge is 0.456 e. The zero-order chi connectivity index (χ0) is 28.3. The van der Waals surface area contributed by atoms with Crippen LogP contribution in [-0.4, -0.2) is 4.98 Å². The molecule has 9 rings (SSSR count). The van der Waals surface area contributed by atoms with Crippen LogP contribution in [0.25, 0.3) is 65.9 Å². The number of fused-ring (bicyclic) bond motifs is 8. The zero-order valence-electron chi connectivity index (χ0n) is 23.1. The number of para-hydroxylation sites is 2. The average Bonchev–Trinajstić information content (AvgIpc) is 3.64. The van der Waals surface area contributed by atoms with E-state index in [1.165, 1.54) is 5.39 Å². The minimum atomic E-state index is 0.668. The van der Waals surface area contributed by atoms with Gasteiger partial charge in [0.2, 0.25) is 5.71 Å². The molecule has 0 radical (unpaired) electrons. The minimum Gasteiger partial charge on any atom is -0.456 e. The Morgan fingerprint density at radius 2 is 1.16 bits per heavy atom. The van der Waals surface area contributed by atoms with Crippen molar-refractivity contribution in [3.05, 3.63) is 146 Å². The minimum absolute atomic E-state index is 0.668. The van der Waals surface area contributed by atoms with Gasteiger partial charge in [0, 0.05) is 50.9 Å². The lowest BCUT2D eigenvalue weighted by Crippen LogP contribution is -2.09. The summed E-state index contributed by atoms with van der Waals surface area (Å²) < 4.78 is 12.3. The smallest absolute Gasteiger partial charge is 0.227 e. The number of anilines is 3. The first-order valence-electron chi connectivity index (χ1n) is 14.4. The van der Waals surface area contributed by atoms with Crippen LogP contribution in [0.5, 0.6) is 0 Å². The van der Waals surface area contributed by atoms with Crippen LogP contribution in [0.2, 0.25) is 0 Å². The molecule has 0 spiro atoms. The molecule has 4 nitrogen and oxygen atoms in total. The van der Waals surface area contributed by atoms with Crippen LogP contribution in [0.1, 0.15) is 0 Å². The first-order valence-corrected chi connectivity index (χ1v) is 14.4. The van der Waals surface area contributed by atoms with E-state index in [1.54, 1.807) is 6.20 Å². The van der Waals surface area contributed by atoms with E-state index in [0.29, 0.717) is 5.71 Å². The lowest BCUT2D eigenvalue weighted by atomic mass is 9.98. The van der Waals surface area contributed by atoms with Gasteiger partial charge in [-0.25, -0.2) is 4.98 Å². The summed E-state index contributed by atoms with van der Waals surface area (Å²) >= 11 is 0. The molecule has 0 amide bonds. The second kappa shape index (κ2) is 9.33. The SMILES string of the molecule is c1ccc(N(c2ccc(-c3ccc4ccc5oc6ncccc6c5c4c3)cc2)c2ccc3c(c2)oc2ccccc23)cc1. The Hall–Kier alpha value is -5.87. The van der Waals surface area contributed by atoms with Crippen molar-refractivity contribution in [2.45, 2.75) is 0 Å². The van der Waals surface area contributed by atoms with Crippen molar-refractivity contribution in [2.24, 2.45) is 0 Å². The Morgan fingerprint density at radius 3 is 2.07 bits per heavy atom. The van der Waals surface area contributed by atoms with Gasteiger partial charge in [0.05, 0.1) is 0 Å². The number of furan rings is 2. The highest BCUT2D eigenvalue weighted by Crippen LogP contribution is 2.40. The maximum atomic E-state index is 6.24. The van der Waals surface area contributed by atoms with Crippen molar-refractivity contribution in [3.8, 4) is 11.1 Å². The van der Waals surface area contributed by atoms with Crippen LogP contribution in [0.4, 0.5) is 17.1 Å². The second-order valence-electron chi connectivity index (χ2n) is 10.8. The van der Waals surface area contributed by atoms with E-state index < -0.39 is 0 Å². The van der Waals surface area contributed by atoms with Crippen molar-refractivity contribution in [2.75, 3.05) is 4.90 Å². The number of aromatic nitrogens is 1. The molecular weight excluding hydrogens is 528 g/mol. The number of hydrogen-bond acceptors (Lipinski definition) is 4. The van der Waals surface area contributed by atoms with Gasteiger partial charge in [0.25, 0.3) is 0 Å². The van der Waals surface area contributed by atoms with E-state index in [2.05, 4.69) is 119 Å². The van der Waals surface area contributed by atoms with E-state index in [-0.39, 0.29) is 0 Å². The molecule has 0 unspecified atom stereocenters. The van der Waals surface area contributed by atoms with E-state index >= 15 is 0 Å². The number of benzene rings is 6. The van der Waals surface area contributed by atoms with Crippen LogP contribution in [0, 0.1) is 0 Å². The normalized spacial score (nSPS) is 11.7. The molecule has 9 aromatic rings. The Labute approximate surface area is 247 Å². The summed E-state index contributed by atoms with van der Waals surface area (Å²) in [7, 11) is 0. The highest BCUT2D eigenvalue weighted by molar-refractivity contribution is 6.18. The Balaban J connectivity index is 1.15. The summed E-state index contributed by atoms with van der Waals surface area (Å²) in [6.45, 7) is 0. The van der Waals surface area contributed by atoms with Gasteiger partial charge in [-0.2, -0.15) is 0 Å². The molecule has 0 aliphatic carbocycles. The van der Waals surface area contributed by atoms with Crippen molar-refractivity contribution in [1.82, 2.24) is 4.98 Å². The zero-order valence-corrected chi connectivity index (χ0v) is 23.1. The maximum absolute atomic E-state index is 6.24. The molecule has 0 atom stereocenters. The molecule has 3 aromatic heterocycles. The monoisotopic (exact) mass is 552 g/mol. The summed E-state index contributed by atoms with van der Waals surface area (Å²) in [6, 6.07) is 48.7. The van der Waals surface area contributed by atoms with Gasteiger partial charge in [-0.15, -0.1) is 0 Å². The molecule has 0 saturated heterocycles. The van der Waals surface area contributed by atoms with Crippen LogP contribution in [0.3, 0.4) is 0 Å². The fraction of sp³-hybridized carbons (Fsp3) is 0. The van der Waals surface area contributed by atoms with E-state index in [1.807, 2.05) is 30.3 Å². The summed E-state index contributed by atoms with van der Waals surface area (Å²) in [4.78, 5) is 6.70. The maximum Gasteiger partial charge on any atom is 0.227 e. The standard InChI is InChI=1S/C39H24N2O2/c1-2-7-28(8-3-1)41(30-19-20-32-31-9-4-5-11-35(31)42-37(32)24-30)29-17-14-25(15-18-29)27-13-12-26-16-21-36-38(34(26)23-27)33-10-6-22-40-39(33)43-36/h1-24H. The van der Waals surface area contributed by atoms with Gasteiger partial charge in [-0.3, -0.25) is 0 Å². The van der Waals surface area contributed by atoms with E-state index in [0.717, 1.165) is 71.9 Å². The second-order valence-corrected chi connectivity index (χ2v) is 10.8. The summed E-state index contributed by atoms with van der Waals surface area (Å²) in [5, 5.41) is 6.73. The molecule has 6 aromatic carbocycles. The first kappa shape index (κ1) is 23.8. The molecule has 0 aliphatic heterocycles. The van der Waals surface area contributed by atoms with Crippen LogP contribution >= 0.6 is 0 Å². The Morgan fingerprint density at radius 1 is 0.442 bits per heavy atom. The molecule has 0 aliphatic rings. The fourth-order valence-corrected chi connectivity index (χ4v) is 6.29. The number of hydrogen-bond donors (Lipinski definition) is 0. The quantitative estimate of drug-likeness (QED) is 0.218. The molecular formula is C39H24N2O2. The van der Waals surface area contributed by atoms with Gasteiger partial charge in [0.15, 0.2) is 0 Å². The lowest BCUT2D eigenvalue weighted by molar-refractivity contribution is 0.654. The number of nitrogens with zero attached hydrogens (tertiary/aromatic N) is 2. The predicted molar refractivity (Wildman–Crippen MR) is 176 cm³/mol. The van der Waals surface area contributed by atoms with E-state index in [9.17, 15) is 0 Å². The molecule has 4 heteroatoms. The summed E-state index contributed by atoms with van der Waals surface area (Å²) in [6.07, 6.45) is 1.77. The van der Waals surface area contributed by atoms with Crippen molar-refractivity contribution in [3.63, 3.8) is 0 Å². The Kier molecular flexibility index (Phi) is 5.16. The Bertz CT molecular complexity index is 2450. The van der Waals surface area contributed by atoms with Gasteiger partial charge in [-0.05, 0) is 88.6 Å². The molecule has 0 N–H and O–H groups in total. The highest BCUT2D eigenvalue weighted by Gasteiger charge is 2.16. The third-order valence-electron chi connectivity index (χ3n) is 8.32. The molecule has 43 heavy (non-hydrogen) atoms. The van der Waals surface area contributed by atoms with E-state index in [4.69, 9.17) is 8.83 Å². The van der Waals surface area contributed by atoms with Gasteiger partial charge < -0.3 is 13.7 Å². The molecule has 0 fully saturated rings. The molecule has 0 bridgehead atoms. The molecule has 202 valence electrons. The fourth-order valence-electron chi connectivity index (χ4n) is 6.29. The summed E-state index contributed by atoms with van der Waals surface area (Å²) in [5.41, 5.74) is 8.79. The van der Waals surface area contributed by atoms with Gasteiger partial charge in [0.1, 0.15) is 16.7 Å². The third-order valence-corrected chi connectivity index (χ3v) is 8.32. The van der Waals surface area contributed by atoms with Crippen LogP contribution in [0.15, 0.2) is 155 Å². The number of pyridine rings is 1. The van der Waals surface area contributed by atoms with Crippen molar-refractivity contribution >= 4 is 71.8 Å². The predicted octanol–water partition coefficient (Wildman–Crippen LogP) is 11.2. The van der Waals surface area contributed by atoms with Gasteiger partial charge >= 0.3 is 0 Å². The van der Waals surface area contributed by atoms with Crippen molar-refractivity contribution in [1.29, 1.82) is 0 Å². The first-order chi connectivity index (χ1) is 21.3. The van der Waals surface area contributed by atoms with Crippen LogP contribution in [-0.2, 0) is 0 Å². The highest BCUT2D eigenvalue weighted by atomic mass is 16.3. The van der Waals surface area contributed by atoms with Gasteiger partial charge in [-0.1, -0.05) is 66.7 Å². The lowest BCUT2D eigenvalue weighted by Gasteiger charge is -2.25. The third kappa shape index (κ3) is 3.81. The molecule has 3 heterocycles. The molecule has 0 saturated carbocycles. The topological polar surface area (TPSA) is 42.4 Å². The van der Waals surface area contributed by atoms with Crippen LogP contribution < -0.4 is 4.90 Å².